The second-order valence-electron chi connectivity index (χ2n) is 6.31. The standard InChI is InChI=1S/C16H19BrN2O5/c1-16(7-3-2-4-12(16)15(21)22)18-14(20)8-10-5-6-11(19(23)24)9-13(10)17/h5-6,9,12H,2-4,7-8H2,1H3,(H,18,20)(H,21,22). The van der Waals surface area contributed by atoms with E-state index in [0.29, 0.717) is 22.9 Å². The SMILES string of the molecule is CC1(NC(=O)Cc2ccc([N+](=O)[O-])cc2Br)CCCCC1C(=O)O. The highest BCUT2D eigenvalue weighted by Gasteiger charge is 2.42. The molecule has 8 heteroatoms. The normalized spacial score (nSPS) is 23.5. The number of hydrogen-bond acceptors (Lipinski definition) is 4. The first-order valence-corrected chi connectivity index (χ1v) is 8.49. The van der Waals surface area contributed by atoms with Crippen molar-refractivity contribution in [1.29, 1.82) is 0 Å². The number of nitro groups is 1. The van der Waals surface area contributed by atoms with Gasteiger partial charge in [-0.25, -0.2) is 0 Å². The van der Waals surface area contributed by atoms with Crippen molar-refractivity contribution in [1.82, 2.24) is 5.32 Å². The van der Waals surface area contributed by atoms with Gasteiger partial charge in [0.2, 0.25) is 5.91 Å². The molecule has 0 spiro atoms. The Morgan fingerprint density at radius 3 is 2.75 bits per heavy atom. The molecule has 1 saturated carbocycles. The van der Waals surface area contributed by atoms with Crippen LogP contribution in [-0.4, -0.2) is 27.4 Å². The summed E-state index contributed by atoms with van der Waals surface area (Å²) in [6.45, 7) is 1.77. The van der Waals surface area contributed by atoms with E-state index in [-0.39, 0.29) is 18.0 Å². The molecule has 1 aromatic rings. The number of carbonyl (C=O) groups is 2. The predicted octanol–water partition coefficient (Wildman–Crippen LogP) is 3.05. The van der Waals surface area contributed by atoms with E-state index in [1.165, 1.54) is 18.2 Å². The summed E-state index contributed by atoms with van der Waals surface area (Å²) in [4.78, 5) is 34.0. The lowest BCUT2D eigenvalue weighted by Crippen LogP contribution is -2.55. The summed E-state index contributed by atoms with van der Waals surface area (Å²) in [7, 11) is 0. The van der Waals surface area contributed by atoms with Crippen LogP contribution >= 0.6 is 15.9 Å². The van der Waals surface area contributed by atoms with Crippen LogP contribution in [0.4, 0.5) is 5.69 Å². The Morgan fingerprint density at radius 2 is 2.17 bits per heavy atom. The maximum atomic E-state index is 12.4. The van der Waals surface area contributed by atoms with Crippen LogP contribution in [0.25, 0.3) is 0 Å². The summed E-state index contributed by atoms with van der Waals surface area (Å²) in [6.07, 6.45) is 2.92. The van der Waals surface area contributed by atoms with Crippen LogP contribution in [0.2, 0.25) is 0 Å². The largest absolute Gasteiger partial charge is 0.481 e. The molecule has 0 heterocycles. The van der Waals surface area contributed by atoms with Crippen molar-refractivity contribution in [3.05, 3.63) is 38.3 Å². The zero-order valence-electron chi connectivity index (χ0n) is 13.3. The van der Waals surface area contributed by atoms with Gasteiger partial charge in [-0.1, -0.05) is 34.8 Å². The van der Waals surface area contributed by atoms with E-state index < -0.39 is 22.3 Å². The van der Waals surface area contributed by atoms with Crippen LogP contribution in [0.15, 0.2) is 22.7 Å². The number of benzene rings is 1. The number of non-ortho nitro benzene ring substituents is 1. The highest BCUT2D eigenvalue weighted by atomic mass is 79.9. The number of halogens is 1. The van der Waals surface area contributed by atoms with E-state index >= 15 is 0 Å². The van der Waals surface area contributed by atoms with Gasteiger partial charge < -0.3 is 10.4 Å². The monoisotopic (exact) mass is 398 g/mol. The number of nitrogens with zero attached hydrogens (tertiary/aromatic N) is 1. The summed E-state index contributed by atoms with van der Waals surface area (Å²) < 4.78 is 0.482. The number of carboxylic acid groups (broad SMARTS) is 1. The molecule has 2 unspecified atom stereocenters. The van der Waals surface area contributed by atoms with E-state index in [1.54, 1.807) is 6.92 Å². The molecule has 1 aromatic carbocycles. The quantitative estimate of drug-likeness (QED) is 0.584. The minimum absolute atomic E-state index is 0.0283. The van der Waals surface area contributed by atoms with Gasteiger partial charge in [-0.05, 0) is 25.3 Å². The molecule has 0 radical (unpaired) electrons. The van der Waals surface area contributed by atoms with Crippen LogP contribution in [-0.2, 0) is 16.0 Å². The van der Waals surface area contributed by atoms with Gasteiger partial charge in [0.1, 0.15) is 0 Å². The molecule has 1 amide bonds. The molecule has 1 aliphatic carbocycles. The van der Waals surface area contributed by atoms with Gasteiger partial charge in [-0.2, -0.15) is 0 Å². The first-order valence-electron chi connectivity index (χ1n) is 7.69. The van der Waals surface area contributed by atoms with Gasteiger partial charge in [0.25, 0.3) is 5.69 Å². The Balaban J connectivity index is 2.09. The molecule has 0 saturated heterocycles. The summed E-state index contributed by atoms with van der Waals surface area (Å²) >= 11 is 3.24. The lowest BCUT2D eigenvalue weighted by Gasteiger charge is -2.39. The maximum absolute atomic E-state index is 12.4. The van der Waals surface area contributed by atoms with Crippen molar-refractivity contribution in [2.45, 2.75) is 44.6 Å². The Kier molecular flexibility index (Phi) is 5.58. The second kappa shape index (κ2) is 7.29. The molecule has 2 N–H and O–H groups in total. The van der Waals surface area contributed by atoms with Crippen LogP contribution in [0.5, 0.6) is 0 Å². The number of nitrogens with one attached hydrogen (secondary N) is 1. The zero-order chi connectivity index (χ0) is 17.9. The number of amides is 1. The van der Waals surface area contributed by atoms with Crippen molar-refractivity contribution < 1.29 is 19.6 Å². The van der Waals surface area contributed by atoms with Crippen molar-refractivity contribution >= 4 is 33.5 Å². The molecular weight excluding hydrogens is 380 g/mol. The van der Waals surface area contributed by atoms with Gasteiger partial charge in [0.05, 0.1) is 22.8 Å². The first-order chi connectivity index (χ1) is 11.2. The Morgan fingerprint density at radius 1 is 1.46 bits per heavy atom. The first kappa shape index (κ1) is 18.4. The summed E-state index contributed by atoms with van der Waals surface area (Å²) in [5.41, 5.74) is -0.213. The van der Waals surface area contributed by atoms with Crippen molar-refractivity contribution in [3.8, 4) is 0 Å². The van der Waals surface area contributed by atoms with Crippen molar-refractivity contribution in [2.24, 2.45) is 5.92 Å². The summed E-state index contributed by atoms with van der Waals surface area (Å²) in [6, 6.07) is 4.22. The van der Waals surface area contributed by atoms with Crippen LogP contribution < -0.4 is 5.32 Å². The molecule has 2 atom stereocenters. The van der Waals surface area contributed by atoms with E-state index in [9.17, 15) is 24.8 Å². The number of carboxylic acids is 1. The fourth-order valence-corrected chi connectivity index (χ4v) is 3.71. The summed E-state index contributed by atoms with van der Waals surface area (Å²) in [5.74, 6) is -1.79. The van der Waals surface area contributed by atoms with Gasteiger partial charge in [-0.15, -0.1) is 0 Å². The Labute approximate surface area is 147 Å². The van der Waals surface area contributed by atoms with Crippen LogP contribution in [0.1, 0.15) is 38.2 Å². The Hall–Kier alpha value is -1.96. The number of rotatable bonds is 5. The fourth-order valence-electron chi connectivity index (χ4n) is 3.21. The minimum Gasteiger partial charge on any atom is -0.481 e. The Bertz CT molecular complexity index is 678. The van der Waals surface area contributed by atoms with Gasteiger partial charge in [0.15, 0.2) is 0 Å². The van der Waals surface area contributed by atoms with Crippen LogP contribution in [0.3, 0.4) is 0 Å². The third-order valence-corrected chi connectivity index (χ3v) is 5.27. The lowest BCUT2D eigenvalue weighted by molar-refractivity contribution is -0.384. The molecule has 1 fully saturated rings. The van der Waals surface area contributed by atoms with Crippen molar-refractivity contribution in [3.63, 3.8) is 0 Å². The van der Waals surface area contributed by atoms with Gasteiger partial charge >= 0.3 is 5.97 Å². The molecular formula is C16H19BrN2O5. The average Bonchev–Trinajstić information content (AvgIpc) is 2.48. The third kappa shape index (κ3) is 4.11. The number of aliphatic carboxylic acids is 1. The van der Waals surface area contributed by atoms with Crippen molar-refractivity contribution in [2.75, 3.05) is 0 Å². The van der Waals surface area contributed by atoms with E-state index in [4.69, 9.17) is 0 Å². The minimum atomic E-state index is -0.894. The number of nitro benzene ring substituents is 1. The number of carbonyl (C=O) groups excluding carboxylic acids is 1. The smallest absolute Gasteiger partial charge is 0.308 e. The molecule has 0 bridgehead atoms. The molecule has 7 nitrogen and oxygen atoms in total. The van der Waals surface area contributed by atoms with E-state index in [1.807, 2.05) is 0 Å². The van der Waals surface area contributed by atoms with Crippen LogP contribution in [0, 0.1) is 16.0 Å². The highest BCUT2D eigenvalue weighted by molar-refractivity contribution is 9.10. The predicted molar refractivity (Wildman–Crippen MR) is 90.6 cm³/mol. The highest BCUT2D eigenvalue weighted by Crippen LogP contribution is 2.34. The number of hydrogen-bond donors (Lipinski definition) is 2. The summed E-state index contributed by atoms with van der Waals surface area (Å²) in [5, 5.41) is 23.0. The zero-order valence-corrected chi connectivity index (χ0v) is 14.8. The lowest BCUT2D eigenvalue weighted by atomic mass is 9.74. The molecule has 130 valence electrons. The van der Waals surface area contributed by atoms with E-state index in [2.05, 4.69) is 21.2 Å². The molecule has 1 aliphatic rings. The van der Waals surface area contributed by atoms with Gasteiger partial charge in [0, 0.05) is 16.6 Å². The molecule has 0 aliphatic heterocycles. The second-order valence-corrected chi connectivity index (χ2v) is 7.17. The average molecular weight is 399 g/mol. The molecule has 2 rings (SSSR count). The third-order valence-electron chi connectivity index (χ3n) is 4.53. The maximum Gasteiger partial charge on any atom is 0.308 e. The molecule has 0 aromatic heterocycles. The van der Waals surface area contributed by atoms with E-state index in [0.717, 1.165) is 12.8 Å². The topological polar surface area (TPSA) is 110 Å². The molecule has 24 heavy (non-hydrogen) atoms. The van der Waals surface area contributed by atoms with Gasteiger partial charge in [-0.3, -0.25) is 19.7 Å². The fraction of sp³-hybridized carbons (Fsp3) is 0.500.